The molecule has 3 heterocycles. The summed E-state index contributed by atoms with van der Waals surface area (Å²) in [7, 11) is -3.82. The van der Waals surface area contributed by atoms with Crippen LogP contribution in [0.3, 0.4) is 0 Å². The number of nitrogens with zero attached hydrogens (tertiary/aromatic N) is 2. The topological polar surface area (TPSA) is 117 Å². The maximum atomic E-state index is 12.8. The van der Waals surface area contributed by atoms with Crippen LogP contribution in [-0.4, -0.2) is 49.9 Å². The minimum Gasteiger partial charge on any atom is -0.382 e. The molecule has 1 aliphatic heterocycles. The van der Waals surface area contributed by atoms with Crippen LogP contribution in [-0.2, 0) is 14.8 Å². The molecule has 8 nitrogen and oxygen atoms in total. The number of thiophene rings is 1. The molecule has 0 radical (unpaired) electrons. The van der Waals surface area contributed by atoms with Crippen LogP contribution in [0.5, 0.6) is 0 Å². The largest absolute Gasteiger partial charge is 0.382 e. The van der Waals surface area contributed by atoms with Crippen molar-refractivity contribution in [3.05, 3.63) is 46.6 Å². The second-order valence-corrected chi connectivity index (χ2v) is 10.9. The van der Waals surface area contributed by atoms with E-state index in [0.717, 1.165) is 21.4 Å². The van der Waals surface area contributed by atoms with Crippen molar-refractivity contribution in [1.29, 1.82) is 0 Å². The van der Waals surface area contributed by atoms with Crippen molar-refractivity contribution >= 4 is 72.1 Å². The predicted molar refractivity (Wildman–Crippen MR) is 124 cm³/mol. The summed E-state index contributed by atoms with van der Waals surface area (Å²) in [5.74, 6) is -0.0308. The summed E-state index contributed by atoms with van der Waals surface area (Å²) in [6, 6.07) is 7.69. The Labute approximate surface area is 193 Å². The van der Waals surface area contributed by atoms with E-state index >= 15 is 0 Å². The number of amides is 1. The zero-order valence-electron chi connectivity index (χ0n) is 16.1. The highest BCUT2D eigenvalue weighted by Gasteiger charge is 2.35. The van der Waals surface area contributed by atoms with Crippen molar-refractivity contribution in [1.82, 2.24) is 14.6 Å². The quantitative estimate of drug-likeness (QED) is 0.459. The van der Waals surface area contributed by atoms with E-state index in [4.69, 9.17) is 28.9 Å². The number of likely N-dealkylation sites (tertiary alicyclic amines) is 1. The fourth-order valence-electron chi connectivity index (χ4n) is 3.35. The Morgan fingerprint density at radius 3 is 2.87 bits per heavy atom. The number of nitrogens with one attached hydrogen (secondary N) is 2. The van der Waals surface area contributed by atoms with Crippen molar-refractivity contribution in [2.45, 2.75) is 16.7 Å². The van der Waals surface area contributed by atoms with Gasteiger partial charge in [-0.3, -0.25) is 4.79 Å². The van der Waals surface area contributed by atoms with Gasteiger partial charge in [0.1, 0.15) is 21.1 Å². The van der Waals surface area contributed by atoms with E-state index < -0.39 is 16.1 Å². The standard InChI is InChI=1S/C19H19Cl2N5O3S2/c20-12-2-1-11-9-16(30-15(11)10-12)31(28,29)25-14-4-7-26(19(14)27)8-6-23-13-3-5-24-18(22)17(13)21/h1-3,5,9-10,14,25H,4,6-8H2,(H3,22,23,24)/t14-/m0/s1. The monoisotopic (exact) mass is 499 g/mol. The molecule has 1 saturated heterocycles. The number of halogens is 2. The number of nitrogens with two attached hydrogens (primary N) is 1. The highest BCUT2D eigenvalue weighted by molar-refractivity contribution is 7.91. The number of rotatable bonds is 7. The number of fused-ring (bicyclic) bond motifs is 1. The van der Waals surface area contributed by atoms with Crippen molar-refractivity contribution in [3.8, 4) is 0 Å². The van der Waals surface area contributed by atoms with Crippen LogP contribution in [0.4, 0.5) is 11.5 Å². The molecule has 2 aromatic heterocycles. The van der Waals surface area contributed by atoms with E-state index in [2.05, 4.69) is 15.0 Å². The third kappa shape index (κ3) is 4.73. The van der Waals surface area contributed by atoms with Crippen molar-refractivity contribution in [2.24, 2.45) is 0 Å². The molecule has 1 aromatic carbocycles. The maximum absolute atomic E-state index is 12.8. The maximum Gasteiger partial charge on any atom is 0.250 e. The number of pyridine rings is 1. The number of nitrogen functional groups attached to an aromatic ring is 1. The second kappa shape index (κ2) is 8.79. The molecule has 1 atom stereocenters. The Kier molecular flexibility index (Phi) is 6.27. The van der Waals surface area contributed by atoms with Gasteiger partial charge in [0.25, 0.3) is 10.0 Å². The molecule has 4 N–H and O–H groups in total. The average Bonchev–Trinajstić information content (AvgIpc) is 3.29. The lowest BCUT2D eigenvalue weighted by atomic mass is 10.3. The Morgan fingerprint density at radius 1 is 1.26 bits per heavy atom. The van der Waals surface area contributed by atoms with E-state index in [0.29, 0.717) is 41.8 Å². The van der Waals surface area contributed by atoms with Crippen molar-refractivity contribution in [3.63, 3.8) is 0 Å². The molecule has 31 heavy (non-hydrogen) atoms. The normalized spacial score (nSPS) is 16.9. The van der Waals surface area contributed by atoms with E-state index in [1.807, 2.05) is 0 Å². The highest BCUT2D eigenvalue weighted by Crippen LogP contribution is 2.31. The number of carbonyl (C=O) groups is 1. The van der Waals surface area contributed by atoms with E-state index in [1.165, 1.54) is 6.20 Å². The number of hydrogen-bond donors (Lipinski definition) is 3. The molecular weight excluding hydrogens is 481 g/mol. The molecule has 164 valence electrons. The van der Waals surface area contributed by atoms with Gasteiger partial charge in [0.2, 0.25) is 5.91 Å². The molecule has 0 bridgehead atoms. The second-order valence-electron chi connectivity index (χ2n) is 7.02. The zero-order chi connectivity index (χ0) is 22.2. The minimum atomic E-state index is -3.82. The average molecular weight is 500 g/mol. The van der Waals surface area contributed by atoms with Gasteiger partial charge in [-0.05, 0) is 36.1 Å². The third-order valence-electron chi connectivity index (χ3n) is 4.93. The molecule has 0 spiro atoms. The molecule has 4 rings (SSSR count). The first kappa shape index (κ1) is 22.1. The summed E-state index contributed by atoms with van der Waals surface area (Å²) in [4.78, 5) is 18.2. The zero-order valence-corrected chi connectivity index (χ0v) is 19.3. The predicted octanol–water partition coefficient (Wildman–Crippen LogP) is 3.18. The van der Waals surface area contributed by atoms with Crippen LogP contribution in [0.15, 0.2) is 40.7 Å². The molecule has 0 saturated carbocycles. The van der Waals surface area contributed by atoms with Gasteiger partial charge < -0.3 is 16.0 Å². The van der Waals surface area contributed by atoms with Crippen molar-refractivity contribution in [2.75, 3.05) is 30.7 Å². The number of carbonyl (C=O) groups excluding carboxylic acids is 1. The van der Waals surface area contributed by atoms with Gasteiger partial charge in [0.05, 0.1) is 5.69 Å². The molecule has 0 unspecified atom stereocenters. The molecule has 1 aliphatic rings. The van der Waals surface area contributed by atoms with E-state index in [1.54, 1.807) is 35.2 Å². The molecule has 1 amide bonds. The van der Waals surface area contributed by atoms with Gasteiger partial charge in [-0.15, -0.1) is 11.3 Å². The van der Waals surface area contributed by atoms with Gasteiger partial charge >= 0.3 is 0 Å². The number of aromatic nitrogens is 1. The molecular formula is C19H19Cl2N5O3S2. The van der Waals surface area contributed by atoms with Gasteiger partial charge in [-0.1, -0.05) is 29.3 Å². The lowest BCUT2D eigenvalue weighted by molar-refractivity contribution is -0.128. The highest BCUT2D eigenvalue weighted by atomic mass is 35.5. The molecule has 3 aromatic rings. The number of hydrogen-bond acceptors (Lipinski definition) is 7. The van der Waals surface area contributed by atoms with Crippen LogP contribution < -0.4 is 15.8 Å². The lowest BCUT2D eigenvalue weighted by Gasteiger charge is -2.18. The Hall–Kier alpha value is -2.11. The smallest absolute Gasteiger partial charge is 0.250 e. The van der Waals surface area contributed by atoms with Crippen molar-refractivity contribution < 1.29 is 13.2 Å². The van der Waals surface area contributed by atoms with E-state index in [9.17, 15) is 13.2 Å². The summed E-state index contributed by atoms with van der Waals surface area (Å²) in [6.45, 7) is 1.30. The minimum absolute atomic E-state index is 0.155. The van der Waals surface area contributed by atoms with Gasteiger partial charge in [-0.2, -0.15) is 4.72 Å². The van der Waals surface area contributed by atoms with Gasteiger partial charge in [0.15, 0.2) is 0 Å². The summed E-state index contributed by atoms with van der Waals surface area (Å²) in [6.07, 6.45) is 1.94. The van der Waals surface area contributed by atoms with E-state index in [-0.39, 0.29) is 15.9 Å². The van der Waals surface area contributed by atoms with Crippen LogP contribution in [0.2, 0.25) is 10.0 Å². The Balaban J connectivity index is 1.37. The molecule has 1 fully saturated rings. The van der Waals surface area contributed by atoms with Gasteiger partial charge in [0, 0.05) is 35.6 Å². The fourth-order valence-corrected chi connectivity index (χ4v) is 6.44. The first-order valence-corrected chi connectivity index (χ1v) is 12.4. The SMILES string of the molecule is Nc1nccc(NCCN2CC[C@H](NS(=O)(=O)c3cc4ccc(Cl)cc4s3)C2=O)c1Cl. The summed E-state index contributed by atoms with van der Waals surface area (Å²) in [5.41, 5.74) is 6.30. The number of benzene rings is 1. The summed E-state index contributed by atoms with van der Waals surface area (Å²) >= 11 is 13.2. The van der Waals surface area contributed by atoms with Crippen LogP contribution >= 0.6 is 34.5 Å². The number of anilines is 2. The first-order valence-electron chi connectivity index (χ1n) is 9.39. The Bertz CT molecular complexity index is 1250. The third-order valence-corrected chi connectivity index (χ3v) is 8.61. The fraction of sp³-hybridized carbons (Fsp3) is 0.263. The lowest BCUT2D eigenvalue weighted by Crippen LogP contribution is -2.42. The summed E-state index contributed by atoms with van der Waals surface area (Å²) < 4.78 is 29.1. The van der Waals surface area contributed by atoms with Gasteiger partial charge in [-0.25, -0.2) is 13.4 Å². The van der Waals surface area contributed by atoms with Crippen LogP contribution in [0.25, 0.3) is 10.1 Å². The molecule has 12 heteroatoms. The summed E-state index contributed by atoms with van der Waals surface area (Å²) in [5, 5.41) is 4.77. The Morgan fingerprint density at radius 2 is 2.06 bits per heavy atom. The number of sulfonamides is 1. The van der Waals surface area contributed by atoms with Crippen LogP contribution in [0.1, 0.15) is 6.42 Å². The van der Waals surface area contributed by atoms with Crippen LogP contribution in [0, 0.1) is 0 Å². The first-order chi connectivity index (χ1) is 14.7. The molecule has 0 aliphatic carbocycles.